The molecule has 1 aromatic rings. The smallest absolute Gasteiger partial charge is 0.320 e. The van der Waals surface area contributed by atoms with Crippen molar-refractivity contribution in [3.05, 3.63) is 15.9 Å². The van der Waals surface area contributed by atoms with Crippen molar-refractivity contribution < 1.29 is 9.90 Å². The first kappa shape index (κ1) is 13.2. The number of aryl methyl sites for hydroxylation is 2. The van der Waals surface area contributed by atoms with Gasteiger partial charge < -0.3 is 5.11 Å². The van der Waals surface area contributed by atoms with E-state index in [1.54, 1.807) is 23.6 Å². The molecule has 0 saturated carbocycles. The summed E-state index contributed by atoms with van der Waals surface area (Å²) in [4.78, 5) is 12.6. The third-order valence-electron chi connectivity index (χ3n) is 2.68. The Labute approximate surface area is 103 Å². The fourth-order valence-corrected chi connectivity index (χ4v) is 1.87. The fourth-order valence-electron chi connectivity index (χ4n) is 1.41. The molecule has 1 atom stereocenters. The zero-order chi connectivity index (χ0) is 12.5. The number of likely N-dealkylation sites (N-methyl/N-ethyl adjacent to an activating group) is 1. The van der Waals surface area contributed by atoms with E-state index in [0.717, 1.165) is 15.9 Å². The van der Waals surface area contributed by atoms with E-state index >= 15 is 0 Å². The lowest BCUT2D eigenvalue weighted by Gasteiger charge is -2.21. The van der Waals surface area contributed by atoms with Gasteiger partial charge in [0.2, 0.25) is 0 Å². The number of hydrogen-bond acceptors (Lipinski definition) is 3. The summed E-state index contributed by atoms with van der Waals surface area (Å²) in [5, 5.41) is 13.2. The van der Waals surface area contributed by atoms with Crippen LogP contribution >= 0.6 is 15.9 Å². The van der Waals surface area contributed by atoms with Gasteiger partial charge in [0.15, 0.2) is 0 Å². The zero-order valence-corrected chi connectivity index (χ0v) is 11.4. The molecule has 1 aromatic heterocycles. The maximum atomic E-state index is 10.8. The number of hydrogen-bond donors (Lipinski definition) is 1. The molecule has 0 aliphatic rings. The molecule has 0 amide bonds. The van der Waals surface area contributed by atoms with E-state index in [-0.39, 0.29) is 0 Å². The van der Waals surface area contributed by atoms with Gasteiger partial charge in [0, 0.05) is 13.6 Å². The SMILES string of the molecule is Cc1nn(C)c(CN(C)C(C)C(=O)O)c1Br. The predicted octanol–water partition coefficient (Wildman–Crippen LogP) is 1.40. The summed E-state index contributed by atoms with van der Waals surface area (Å²) in [6.45, 7) is 4.12. The van der Waals surface area contributed by atoms with E-state index in [0.29, 0.717) is 6.54 Å². The van der Waals surface area contributed by atoms with Gasteiger partial charge in [0.25, 0.3) is 0 Å². The van der Waals surface area contributed by atoms with Gasteiger partial charge in [-0.1, -0.05) is 0 Å². The molecule has 5 nitrogen and oxygen atoms in total. The number of rotatable bonds is 4. The normalized spacial score (nSPS) is 13.1. The topological polar surface area (TPSA) is 58.4 Å². The minimum absolute atomic E-state index is 0.512. The summed E-state index contributed by atoms with van der Waals surface area (Å²) in [5.74, 6) is -0.822. The van der Waals surface area contributed by atoms with Gasteiger partial charge in [-0.3, -0.25) is 14.4 Å². The molecule has 0 aliphatic carbocycles. The summed E-state index contributed by atoms with van der Waals surface area (Å²) in [6.07, 6.45) is 0. The standard InChI is InChI=1S/C10H16BrN3O2/c1-6-9(11)8(14(4)12-6)5-13(3)7(2)10(15)16/h7H,5H2,1-4H3,(H,15,16). The quantitative estimate of drug-likeness (QED) is 0.910. The van der Waals surface area contributed by atoms with Crippen molar-refractivity contribution in [1.82, 2.24) is 14.7 Å². The van der Waals surface area contributed by atoms with Crippen molar-refractivity contribution in [1.29, 1.82) is 0 Å². The van der Waals surface area contributed by atoms with Crippen LogP contribution in [0.15, 0.2) is 4.47 Å². The second-order valence-electron chi connectivity index (χ2n) is 3.90. The van der Waals surface area contributed by atoms with Gasteiger partial charge in [-0.25, -0.2) is 0 Å². The van der Waals surface area contributed by atoms with Gasteiger partial charge in [0.1, 0.15) is 6.04 Å². The Morgan fingerprint density at radius 1 is 1.69 bits per heavy atom. The van der Waals surface area contributed by atoms with Crippen LogP contribution in [0.1, 0.15) is 18.3 Å². The fraction of sp³-hybridized carbons (Fsp3) is 0.600. The molecular formula is C10H16BrN3O2. The molecule has 6 heteroatoms. The first-order chi connectivity index (χ1) is 7.34. The number of carbonyl (C=O) groups is 1. The summed E-state index contributed by atoms with van der Waals surface area (Å²) in [5.41, 5.74) is 1.89. The molecule has 0 radical (unpaired) electrons. The Morgan fingerprint density at radius 2 is 2.25 bits per heavy atom. The Balaban J connectivity index is 2.84. The van der Waals surface area contributed by atoms with Gasteiger partial charge in [-0.05, 0) is 36.8 Å². The van der Waals surface area contributed by atoms with E-state index in [1.807, 2.05) is 14.0 Å². The average Bonchev–Trinajstić information content (AvgIpc) is 2.43. The van der Waals surface area contributed by atoms with E-state index in [2.05, 4.69) is 21.0 Å². The first-order valence-electron chi connectivity index (χ1n) is 4.95. The van der Waals surface area contributed by atoms with Crippen LogP contribution in [0.5, 0.6) is 0 Å². The summed E-state index contributed by atoms with van der Waals surface area (Å²) in [6, 6.07) is -0.512. The minimum atomic E-state index is -0.822. The van der Waals surface area contributed by atoms with Crippen molar-refractivity contribution in [3.8, 4) is 0 Å². The molecule has 0 spiro atoms. The lowest BCUT2D eigenvalue weighted by atomic mass is 10.2. The van der Waals surface area contributed by atoms with Crippen molar-refractivity contribution in [2.75, 3.05) is 7.05 Å². The Hall–Kier alpha value is -0.880. The van der Waals surface area contributed by atoms with Crippen LogP contribution in [0.2, 0.25) is 0 Å². The molecule has 0 fully saturated rings. The van der Waals surface area contributed by atoms with Crippen molar-refractivity contribution in [3.63, 3.8) is 0 Å². The number of carboxylic acid groups (broad SMARTS) is 1. The number of carboxylic acids is 1. The van der Waals surface area contributed by atoms with Gasteiger partial charge >= 0.3 is 5.97 Å². The van der Waals surface area contributed by atoms with Crippen LogP contribution in [0.3, 0.4) is 0 Å². The molecule has 0 aromatic carbocycles. The highest BCUT2D eigenvalue weighted by molar-refractivity contribution is 9.10. The number of aliphatic carboxylic acids is 1. The predicted molar refractivity (Wildman–Crippen MR) is 64.2 cm³/mol. The maximum absolute atomic E-state index is 10.8. The van der Waals surface area contributed by atoms with E-state index < -0.39 is 12.0 Å². The molecule has 1 heterocycles. The Morgan fingerprint density at radius 3 is 2.62 bits per heavy atom. The monoisotopic (exact) mass is 289 g/mol. The molecule has 0 bridgehead atoms. The van der Waals surface area contributed by atoms with Crippen LogP contribution in [-0.2, 0) is 18.4 Å². The Kier molecular flexibility index (Phi) is 4.09. The molecule has 1 unspecified atom stereocenters. The third-order valence-corrected chi connectivity index (χ3v) is 3.71. The number of nitrogens with zero attached hydrogens (tertiary/aromatic N) is 3. The lowest BCUT2D eigenvalue weighted by Crippen LogP contribution is -2.35. The van der Waals surface area contributed by atoms with E-state index in [4.69, 9.17) is 5.11 Å². The van der Waals surface area contributed by atoms with Crippen molar-refractivity contribution >= 4 is 21.9 Å². The Bertz CT molecular complexity index is 403. The van der Waals surface area contributed by atoms with Crippen LogP contribution < -0.4 is 0 Å². The van der Waals surface area contributed by atoms with E-state index in [9.17, 15) is 4.79 Å². The highest BCUT2D eigenvalue weighted by atomic mass is 79.9. The van der Waals surface area contributed by atoms with Crippen LogP contribution in [-0.4, -0.2) is 38.8 Å². The first-order valence-corrected chi connectivity index (χ1v) is 5.75. The van der Waals surface area contributed by atoms with Gasteiger partial charge in [0.05, 0.1) is 15.9 Å². The van der Waals surface area contributed by atoms with Gasteiger partial charge in [-0.2, -0.15) is 5.10 Å². The molecule has 0 aliphatic heterocycles. The highest BCUT2D eigenvalue weighted by Gasteiger charge is 2.20. The molecule has 1 N–H and O–H groups in total. The molecular weight excluding hydrogens is 274 g/mol. The van der Waals surface area contributed by atoms with Crippen LogP contribution in [0.25, 0.3) is 0 Å². The average molecular weight is 290 g/mol. The van der Waals surface area contributed by atoms with Crippen molar-refractivity contribution in [2.45, 2.75) is 26.4 Å². The highest BCUT2D eigenvalue weighted by Crippen LogP contribution is 2.21. The summed E-state index contributed by atoms with van der Waals surface area (Å²) >= 11 is 3.46. The second-order valence-corrected chi connectivity index (χ2v) is 4.69. The van der Waals surface area contributed by atoms with E-state index in [1.165, 1.54) is 0 Å². The van der Waals surface area contributed by atoms with Gasteiger partial charge in [-0.15, -0.1) is 0 Å². The lowest BCUT2D eigenvalue weighted by molar-refractivity contribution is -0.142. The summed E-state index contributed by atoms with van der Waals surface area (Å²) < 4.78 is 2.71. The molecule has 16 heavy (non-hydrogen) atoms. The van der Waals surface area contributed by atoms with Crippen molar-refractivity contribution in [2.24, 2.45) is 7.05 Å². The second kappa shape index (κ2) is 4.97. The largest absolute Gasteiger partial charge is 0.480 e. The number of aromatic nitrogens is 2. The van der Waals surface area contributed by atoms with Crippen LogP contribution in [0, 0.1) is 6.92 Å². The maximum Gasteiger partial charge on any atom is 0.320 e. The third kappa shape index (κ3) is 2.62. The number of halogens is 1. The van der Waals surface area contributed by atoms with Crippen LogP contribution in [0.4, 0.5) is 0 Å². The summed E-state index contributed by atoms with van der Waals surface area (Å²) in [7, 11) is 3.64. The minimum Gasteiger partial charge on any atom is -0.480 e. The molecule has 0 saturated heterocycles. The molecule has 1 rings (SSSR count). The zero-order valence-electron chi connectivity index (χ0n) is 9.86. The molecule has 90 valence electrons.